The summed E-state index contributed by atoms with van der Waals surface area (Å²) in [6, 6.07) is 16.0. The number of amides is 2. The van der Waals surface area contributed by atoms with Crippen molar-refractivity contribution in [2.24, 2.45) is 0 Å². The summed E-state index contributed by atoms with van der Waals surface area (Å²) < 4.78 is 11.3. The van der Waals surface area contributed by atoms with Crippen LogP contribution in [0.5, 0.6) is 11.5 Å². The number of ether oxygens (including phenoxy) is 2. The van der Waals surface area contributed by atoms with E-state index in [4.69, 9.17) is 9.47 Å². The van der Waals surface area contributed by atoms with E-state index in [2.05, 4.69) is 4.98 Å². The van der Waals surface area contributed by atoms with Crippen LogP contribution in [-0.2, 0) is 4.74 Å². The number of hydrogen-bond donors (Lipinski definition) is 0. The van der Waals surface area contributed by atoms with Crippen LogP contribution in [0.3, 0.4) is 0 Å². The highest BCUT2D eigenvalue weighted by atomic mass is 16.6. The Morgan fingerprint density at radius 3 is 2.09 bits per heavy atom. The first-order valence-corrected chi connectivity index (χ1v) is 11.6. The van der Waals surface area contributed by atoms with E-state index >= 15 is 0 Å². The number of pyridine rings is 1. The van der Waals surface area contributed by atoms with Crippen LogP contribution < -0.4 is 4.74 Å². The number of ketones is 1. The van der Waals surface area contributed by atoms with E-state index in [1.54, 1.807) is 46.2 Å². The lowest BCUT2D eigenvalue weighted by molar-refractivity contribution is 0.0140. The standard InChI is InChI=1S/C27H29N3O5/c1-18(31)19-5-8-21(9-6-19)34-22-10-12-23-20(17-22)7-11-24(28-23)25(32)29-13-15-30(16-14-29)26(33)35-27(2,3)4/h5-12,17H,13-16H2,1-4H3. The number of benzene rings is 2. The van der Waals surface area contributed by atoms with Gasteiger partial charge in [-0.05, 0) is 76.2 Å². The van der Waals surface area contributed by atoms with Crippen LogP contribution in [0.15, 0.2) is 54.6 Å². The van der Waals surface area contributed by atoms with Crippen LogP contribution in [0, 0.1) is 0 Å². The lowest BCUT2D eigenvalue weighted by atomic mass is 10.1. The van der Waals surface area contributed by atoms with Crippen molar-refractivity contribution in [3.8, 4) is 11.5 Å². The number of rotatable bonds is 4. The van der Waals surface area contributed by atoms with Gasteiger partial charge in [0.05, 0.1) is 5.52 Å². The molecule has 35 heavy (non-hydrogen) atoms. The van der Waals surface area contributed by atoms with Crippen molar-refractivity contribution in [3.05, 3.63) is 65.9 Å². The Labute approximate surface area is 204 Å². The molecule has 1 saturated heterocycles. The highest BCUT2D eigenvalue weighted by Gasteiger charge is 2.28. The van der Waals surface area contributed by atoms with E-state index in [0.29, 0.717) is 54.5 Å². The number of carbonyl (C=O) groups is 3. The number of aromatic nitrogens is 1. The molecule has 1 aliphatic rings. The fraction of sp³-hybridized carbons (Fsp3) is 0.333. The van der Waals surface area contributed by atoms with Crippen molar-refractivity contribution < 1.29 is 23.9 Å². The highest BCUT2D eigenvalue weighted by molar-refractivity contribution is 5.95. The number of carbonyl (C=O) groups excluding carboxylic acids is 3. The summed E-state index contributed by atoms with van der Waals surface area (Å²) in [4.78, 5) is 44.6. The largest absolute Gasteiger partial charge is 0.457 e. The molecule has 1 aliphatic heterocycles. The molecule has 0 spiro atoms. The molecule has 0 bridgehead atoms. The fourth-order valence-corrected chi connectivity index (χ4v) is 3.76. The quantitative estimate of drug-likeness (QED) is 0.498. The Morgan fingerprint density at radius 1 is 0.829 bits per heavy atom. The summed E-state index contributed by atoms with van der Waals surface area (Å²) in [5.74, 6) is 1.09. The van der Waals surface area contributed by atoms with Crippen LogP contribution in [0.25, 0.3) is 10.9 Å². The van der Waals surface area contributed by atoms with Crippen LogP contribution in [0.1, 0.15) is 48.5 Å². The summed E-state index contributed by atoms with van der Waals surface area (Å²) in [6.45, 7) is 8.70. The van der Waals surface area contributed by atoms with E-state index in [-0.39, 0.29) is 17.8 Å². The van der Waals surface area contributed by atoms with Gasteiger partial charge in [0.2, 0.25) is 0 Å². The molecule has 0 radical (unpaired) electrons. The number of piperazine rings is 1. The molecular formula is C27H29N3O5. The van der Waals surface area contributed by atoms with Gasteiger partial charge in [-0.2, -0.15) is 0 Å². The van der Waals surface area contributed by atoms with E-state index in [1.165, 1.54) is 6.92 Å². The number of nitrogens with zero attached hydrogens (tertiary/aromatic N) is 3. The first-order valence-electron chi connectivity index (χ1n) is 11.6. The molecule has 8 heteroatoms. The molecular weight excluding hydrogens is 446 g/mol. The number of Topliss-reactive ketones (excluding diaryl/α,β-unsaturated/α-hetero) is 1. The van der Waals surface area contributed by atoms with E-state index in [0.717, 1.165) is 5.39 Å². The van der Waals surface area contributed by atoms with Crippen LogP contribution >= 0.6 is 0 Å². The van der Waals surface area contributed by atoms with Gasteiger partial charge >= 0.3 is 6.09 Å². The molecule has 0 N–H and O–H groups in total. The van der Waals surface area contributed by atoms with Crippen LogP contribution in [-0.4, -0.2) is 64.3 Å². The zero-order valence-electron chi connectivity index (χ0n) is 20.4. The molecule has 0 aliphatic carbocycles. The van der Waals surface area contributed by atoms with Crippen molar-refractivity contribution in [1.29, 1.82) is 0 Å². The van der Waals surface area contributed by atoms with Crippen LogP contribution in [0.4, 0.5) is 4.79 Å². The van der Waals surface area contributed by atoms with Gasteiger partial charge in [0, 0.05) is 37.1 Å². The minimum Gasteiger partial charge on any atom is -0.457 e. The zero-order valence-corrected chi connectivity index (χ0v) is 20.4. The maximum atomic E-state index is 13.0. The molecule has 0 unspecified atom stereocenters. The summed E-state index contributed by atoms with van der Waals surface area (Å²) in [5.41, 5.74) is 1.12. The van der Waals surface area contributed by atoms with Gasteiger partial charge in [0.1, 0.15) is 22.8 Å². The predicted molar refractivity (Wildman–Crippen MR) is 132 cm³/mol. The average molecular weight is 476 g/mol. The van der Waals surface area contributed by atoms with Gasteiger partial charge in [-0.3, -0.25) is 9.59 Å². The topological polar surface area (TPSA) is 89.0 Å². The SMILES string of the molecule is CC(=O)c1ccc(Oc2ccc3nc(C(=O)N4CCN(C(=O)OC(C)(C)C)CC4)ccc3c2)cc1. The molecule has 8 nitrogen and oxygen atoms in total. The van der Waals surface area contributed by atoms with Crippen molar-refractivity contribution in [3.63, 3.8) is 0 Å². The highest BCUT2D eigenvalue weighted by Crippen LogP contribution is 2.26. The molecule has 2 aromatic carbocycles. The molecule has 2 amide bonds. The predicted octanol–water partition coefficient (Wildman–Crippen LogP) is 4.92. The van der Waals surface area contributed by atoms with Gasteiger partial charge in [-0.1, -0.05) is 6.07 Å². The van der Waals surface area contributed by atoms with E-state index in [9.17, 15) is 14.4 Å². The molecule has 1 fully saturated rings. The minimum absolute atomic E-state index is 0.00333. The van der Waals surface area contributed by atoms with Crippen molar-refractivity contribution in [2.45, 2.75) is 33.3 Å². The molecule has 2 heterocycles. The van der Waals surface area contributed by atoms with Crippen LogP contribution in [0.2, 0.25) is 0 Å². The Kier molecular flexibility index (Phi) is 6.73. The minimum atomic E-state index is -0.552. The third-order valence-electron chi connectivity index (χ3n) is 5.59. The van der Waals surface area contributed by atoms with Gasteiger partial charge < -0.3 is 19.3 Å². The normalized spacial score (nSPS) is 14.1. The maximum Gasteiger partial charge on any atom is 0.410 e. The average Bonchev–Trinajstić information content (AvgIpc) is 2.82. The molecule has 0 atom stereocenters. The first-order chi connectivity index (χ1) is 16.6. The second-order valence-corrected chi connectivity index (χ2v) is 9.49. The monoisotopic (exact) mass is 475 g/mol. The van der Waals surface area contributed by atoms with Gasteiger partial charge in [0.15, 0.2) is 5.78 Å². The smallest absolute Gasteiger partial charge is 0.410 e. The van der Waals surface area contributed by atoms with E-state index < -0.39 is 5.60 Å². The van der Waals surface area contributed by atoms with Crippen molar-refractivity contribution in [2.75, 3.05) is 26.2 Å². The third-order valence-corrected chi connectivity index (χ3v) is 5.59. The second-order valence-electron chi connectivity index (χ2n) is 9.49. The summed E-state index contributed by atoms with van der Waals surface area (Å²) in [5, 5.41) is 0.842. The van der Waals surface area contributed by atoms with Crippen molar-refractivity contribution >= 4 is 28.7 Å². The Hall–Kier alpha value is -3.94. The Morgan fingerprint density at radius 2 is 1.46 bits per heavy atom. The molecule has 1 aromatic heterocycles. The zero-order chi connectivity index (χ0) is 25.2. The van der Waals surface area contributed by atoms with Crippen molar-refractivity contribution in [1.82, 2.24) is 14.8 Å². The first kappa shape index (κ1) is 24.2. The Balaban J connectivity index is 1.40. The van der Waals surface area contributed by atoms with Gasteiger partial charge in [-0.15, -0.1) is 0 Å². The van der Waals surface area contributed by atoms with Gasteiger partial charge in [-0.25, -0.2) is 9.78 Å². The molecule has 0 saturated carbocycles. The summed E-state index contributed by atoms with van der Waals surface area (Å²) in [6.07, 6.45) is -0.360. The number of hydrogen-bond acceptors (Lipinski definition) is 6. The second kappa shape index (κ2) is 9.74. The van der Waals surface area contributed by atoms with Gasteiger partial charge in [0.25, 0.3) is 5.91 Å². The summed E-state index contributed by atoms with van der Waals surface area (Å²) >= 11 is 0. The fourth-order valence-electron chi connectivity index (χ4n) is 3.76. The number of fused-ring (bicyclic) bond motifs is 1. The summed E-state index contributed by atoms with van der Waals surface area (Å²) in [7, 11) is 0. The molecule has 3 aromatic rings. The maximum absolute atomic E-state index is 13.0. The molecule has 4 rings (SSSR count). The Bertz CT molecular complexity index is 1260. The lowest BCUT2D eigenvalue weighted by Gasteiger charge is -2.35. The lowest BCUT2D eigenvalue weighted by Crippen LogP contribution is -2.51. The third kappa shape index (κ3) is 5.95. The molecule has 182 valence electrons. The van der Waals surface area contributed by atoms with E-state index in [1.807, 2.05) is 39.0 Å².